The summed E-state index contributed by atoms with van der Waals surface area (Å²) in [4.78, 5) is 59.0. The number of hydrogen-bond donors (Lipinski definition) is 6. The number of nitrogens with one attached hydrogen (secondary N) is 3. The maximum atomic E-state index is 12.6. The SMILES string of the molecule is CSCCC(NC(=O)C(CCSC)NC(=O)C(C)NC(=O)C(N)CCC(=O)O)C(=O)O. The number of nitrogens with two attached hydrogens (primary N) is 1. The van der Waals surface area contributed by atoms with Crippen LogP contribution in [0.3, 0.4) is 0 Å². The molecule has 0 aliphatic rings. The van der Waals surface area contributed by atoms with Gasteiger partial charge in [-0.05, 0) is 50.2 Å². The van der Waals surface area contributed by atoms with E-state index in [2.05, 4.69) is 16.0 Å². The highest BCUT2D eigenvalue weighted by atomic mass is 32.2. The van der Waals surface area contributed by atoms with Gasteiger partial charge in [0.05, 0.1) is 6.04 Å². The molecular formula is C18H32N4O7S2. The summed E-state index contributed by atoms with van der Waals surface area (Å²) in [6.45, 7) is 1.40. The first-order valence-electron chi connectivity index (χ1n) is 9.62. The first-order chi connectivity index (χ1) is 14.5. The zero-order valence-corrected chi connectivity index (χ0v) is 19.5. The van der Waals surface area contributed by atoms with Crippen molar-refractivity contribution < 1.29 is 34.2 Å². The molecule has 0 saturated carbocycles. The average molecular weight is 481 g/mol. The van der Waals surface area contributed by atoms with Crippen LogP contribution in [0.15, 0.2) is 0 Å². The molecule has 4 atom stereocenters. The van der Waals surface area contributed by atoms with Crippen LogP contribution >= 0.6 is 23.5 Å². The van der Waals surface area contributed by atoms with Gasteiger partial charge in [-0.15, -0.1) is 0 Å². The molecule has 7 N–H and O–H groups in total. The standard InChI is InChI=1S/C18H32N4O7S2/c1-10(20-16(26)11(19)4-5-14(23)24)15(25)21-12(6-8-30-2)17(27)22-13(18(28)29)7-9-31-3/h10-13H,4-9,19H2,1-3H3,(H,20,26)(H,21,25)(H,22,27)(H,23,24)(H,28,29). The quantitative estimate of drug-likeness (QED) is 0.164. The summed E-state index contributed by atoms with van der Waals surface area (Å²) in [5, 5.41) is 25.3. The van der Waals surface area contributed by atoms with E-state index < -0.39 is 53.8 Å². The Kier molecular flexibility index (Phi) is 14.7. The fourth-order valence-electron chi connectivity index (χ4n) is 2.36. The number of aliphatic carboxylic acids is 2. The van der Waals surface area contributed by atoms with E-state index >= 15 is 0 Å². The van der Waals surface area contributed by atoms with Crippen molar-refractivity contribution in [2.24, 2.45) is 5.73 Å². The third-order valence-corrected chi connectivity index (χ3v) is 5.51. The summed E-state index contributed by atoms with van der Waals surface area (Å²) in [5.41, 5.74) is 5.62. The number of carboxylic acids is 2. The van der Waals surface area contributed by atoms with Crippen LogP contribution in [0.4, 0.5) is 0 Å². The second-order valence-corrected chi connectivity index (χ2v) is 8.76. The van der Waals surface area contributed by atoms with Crippen LogP contribution in [-0.2, 0) is 24.0 Å². The Morgan fingerprint density at radius 2 is 1.32 bits per heavy atom. The first kappa shape index (κ1) is 29.0. The Morgan fingerprint density at radius 1 is 0.806 bits per heavy atom. The van der Waals surface area contributed by atoms with E-state index in [4.69, 9.17) is 10.8 Å². The largest absolute Gasteiger partial charge is 0.481 e. The number of rotatable bonds is 16. The van der Waals surface area contributed by atoms with E-state index in [1.807, 2.05) is 12.5 Å². The molecule has 0 aromatic heterocycles. The van der Waals surface area contributed by atoms with E-state index in [-0.39, 0.29) is 25.7 Å². The van der Waals surface area contributed by atoms with E-state index in [0.29, 0.717) is 11.5 Å². The topological polar surface area (TPSA) is 188 Å². The second-order valence-electron chi connectivity index (χ2n) is 6.79. The lowest BCUT2D eigenvalue weighted by molar-refractivity contribution is -0.142. The van der Waals surface area contributed by atoms with Gasteiger partial charge in [-0.3, -0.25) is 19.2 Å². The molecule has 0 radical (unpaired) electrons. The van der Waals surface area contributed by atoms with Gasteiger partial charge >= 0.3 is 11.9 Å². The molecule has 11 nitrogen and oxygen atoms in total. The fraction of sp³-hybridized carbons (Fsp3) is 0.722. The Balaban J connectivity index is 4.98. The third-order valence-electron chi connectivity index (χ3n) is 4.23. The van der Waals surface area contributed by atoms with Gasteiger partial charge in [-0.1, -0.05) is 0 Å². The molecule has 178 valence electrons. The number of hydrogen-bond acceptors (Lipinski definition) is 8. The lowest BCUT2D eigenvalue weighted by atomic mass is 10.1. The molecule has 31 heavy (non-hydrogen) atoms. The van der Waals surface area contributed by atoms with Gasteiger partial charge in [-0.2, -0.15) is 23.5 Å². The minimum Gasteiger partial charge on any atom is -0.481 e. The van der Waals surface area contributed by atoms with Gasteiger partial charge in [0, 0.05) is 6.42 Å². The van der Waals surface area contributed by atoms with Crippen molar-refractivity contribution in [3.8, 4) is 0 Å². The summed E-state index contributed by atoms with van der Waals surface area (Å²) in [5.74, 6) is -3.10. The summed E-state index contributed by atoms with van der Waals surface area (Å²) in [6, 6.07) is -4.16. The maximum absolute atomic E-state index is 12.6. The Bertz CT molecular complexity index is 636. The monoisotopic (exact) mass is 480 g/mol. The summed E-state index contributed by atoms with van der Waals surface area (Å²) < 4.78 is 0. The highest BCUT2D eigenvalue weighted by molar-refractivity contribution is 7.98. The highest BCUT2D eigenvalue weighted by Gasteiger charge is 2.28. The van der Waals surface area contributed by atoms with Crippen LogP contribution in [0.5, 0.6) is 0 Å². The van der Waals surface area contributed by atoms with E-state index in [0.717, 1.165) is 0 Å². The third kappa shape index (κ3) is 12.5. The average Bonchev–Trinajstić information content (AvgIpc) is 2.71. The predicted octanol–water partition coefficient (Wildman–Crippen LogP) is -0.756. The molecule has 0 aromatic carbocycles. The van der Waals surface area contributed by atoms with E-state index in [1.165, 1.54) is 30.4 Å². The molecule has 13 heteroatoms. The van der Waals surface area contributed by atoms with Crippen molar-refractivity contribution in [3.05, 3.63) is 0 Å². The van der Waals surface area contributed by atoms with Crippen LogP contribution < -0.4 is 21.7 Å². The minimum absolute atomic E-state index is 0.0825. The van der Waals surface area contributed by atoms with Gasteiger partial charge in [0.25, 0.3) is 0 Å². The molecule has 0 fully saturated rings. The van der Waals surface area contributed by atoms with Gasteiger partial charge in [0.2, 0.25) is 17.7 Å². The predicted molar refractivity (Wildman–Crippen MR) is 120 cm³/mol. The van der Waals surface area contributed by atoms with Gasteiger partial charge < -0.3 is 31.9 Å². The van der Waals surface area contributed by atoms with Gasteiger partial charge in [0.15, 0.2) is 0 Å². The molecule has 0 heterocycles. The Hall–Kier alpha value is -1.99. The van der Waals surface area contributed by atoms with Crippen molar-refractivity contribution in [3.63, 3.8) is 0 Å². The number of thioether (sulfide) groups is 2. The molecule has 0 rings (SSSR count). The van der Waals surface area contributed by atoms with Crippen molar-refractivity contribution >= 4 is 53.2 Å². The molecule has 4 unspecified atom stereocenters. The Morgan fingerprint density at radius 3 is 1.81 bits per heavy atom. The lowest BCUT2D eigenvalue weighted by Crippen LogP contribution is -2.56. The Labute approximate surface area is 190 Å². The lowest BCUT2D eigenvalue weighted by Gasteiger charge is -2.23. The van der Waals surface area contributed by atoms with E-state index in [1.54, 1.807) is 0 Å². The highest BCUT2D eigenvalue weighted by Crippen LogP contribution is 2.05. The zero-order valence-electron chi connectivity index (χ0n) is 17.9. The molecule has 0 aliphatic carbocycles. The van der Waals surface area contributed by atoms with Crippen molar-refractivity contribution in [2.45, 2.75) is 56.8 Å². The zero-order chi connectivity index (χ0) is 24.0. The molecule has 0 bridgehead atoms. The van der Waals surface area contributed by atoms with Crippen molar-refractivity contribution in [1.82, 2.24) is 16.0 Å². The number of carbonyl (C=O) groups is 5. The first-order valence-corrected chi connectivity index (χ1v) is 12.4. The smallest absolute Gasteiger partial charge is 0.326 e. The summed E-state index contributed by atoms with van der Waals surface area (Å²) in [7, 11) is 0. The molecule has 0 spiro atoms. The molecule has 0 saturated heterocycles. The molecular weight excluding hydrogens is 448 g/mol. The van der Waals surface area contributed by atoms with Gasteiger partial charge in [-0.25, -0.2) is 4.79 Å². The minimum atomic E-state index is -1.16. The summed E-state index contributed by atoms with van der Waals surface area (Å²) in [6.07, 6.45) is 3.80. The molecule has 3 amide bonds. The van der Waals surface area contributed by atoms with Crippen molar-refractivity contribution in [2.75, 3.05) is 24.0 Å². The number of carbonyl (C=O) groups excluding carboxylic acids is 3. The van der Waals surface area contributed by atoms with E-state index in [9.17, 15) is 29.1 Å². The van der Waals surface area contributed by atoms with Crippen molar-refractivity contribution in [1.29, 1.82) is 0 Å². The summed E-state index contributed by atoms with van der Waals surface area (Å²) >= 11 is 2.91. The normalized spacial score (nSPS) is 14.6. The molecule has 0 aliphatic heterocycles. The fourth-order valence-corrected chi connectivity index (χ4v) is 3.31. The van der Waals surface area contributed by atoms with Gasteiger partial charge in [0.1, 0.15) is 18.1 Å². The van der Waals surface area contributed by atoms with Crippen LogP contribution in [0.1, 0.15) is 32.6 Å². The maximum Gasteiger partial charge on any atom is 0.326 e. The van der Waals surface area contributed by atoms with Crippen LogP contribution in [0.2, 0.25) is 0 Å². The number of amides is 3. The van der Waals surface area contributed by atoms with Crippen LogP contribution in [0, 0.1) is 0 Å². The van der Waals surface area contributed by atoms with Crippen LogP contribution in [0.25, 0.3) is 0 Å². The number of carboxylic acid groups (broad SMARTS) is 2. The molecule has 0 aromatic rings. The van der Waals surface area contributed by atoms with Crippen LogP contribution in [-0.4, -0.2) is 88.1 Å². The second kappa shape index (κ2) is 15.8.